The first kappa shape index (κ1) is 13.1. The fraction of sp³-hybridized carbons (Fsp3) is 0.588. The number of carbonyl (C=O) groups is 1. The second-order valence-corrected chi connectivity index (χ2v) is 6.64. The van der Waals surface area contributed by atoms with Gasteiger partial charge in [-0.25, -0.2) is 0 Å². The van der Waals surface area contributed by atoms with Crippen molar-refractivity contribution >= 4 is 5.78 Å². The van der Waals surface area contributed by atoms with E-state index >= 15 is 0 Å². The summed E-state index contributed by atoms with van der Waals surface area (Å²) in [5.74, 6) is 2.55. The Balaban J connectivity index is 1.89. The predicted octanol–water partition coefficient (Wildman–Crippen LogP) is 2.01. The number of nitrogens with zero attached hydrogens (tertiary/aromatic N) is 1. The van der Waals surface area contributed by atoms with E-state index in [9.17, 15) is 4.79 Å². The molecule has 4 rings (SSSR count). The van der Waals surface area contributed by atoms with Gasteiger partial charge in [0.15, 0.2) is 23.4 Å². The minimum absolute atomic E-state index is 0.215. The molecule has 1 fully saturated rings. The van der Waals surface area contributed by atoms with E-state index in [0.717, 1.165) is 24.3 Å². The van der Waals surface area contributed by atoms with Crippen molar-refractivity contribution in [3.63, 3.8) is 0 Å². The van der Waals surface area contributed by atoms with Gasteiger partial charge in [0.25, 0.3) is 0 Å². The largest absolute Gasteiger partial charge is 0.493 e. The zero-order chi connectivity index (χ0) is 14.7. The molecule has 0 N–H and O–H groups in total. The van der Waals surface area contributed by atoms with Crippen LogP contribution >= 0.6 is 0 Å². The Labute approximate surface area is 125 Å². The third-order valence-corrected chi connectivity index (χ3v) is 5.46. The van der Waals surface area contributed by atoms with Gasteiger partial charge >= 0.3 is 0 Å². The number of carbonyl (C=O) groups excluding carboxylic acids is 1. The van der Waals surface area contributed by atoms with E-state index < -0.39 is 0 Å². The monoisotopic (exact) mass is 287 g/mol. The van der Waals surface area contributed by atoms with Gasteiger partial charge in [-0.2, -0.15) is 0 Å². The maximum Gasteiger partial charge on any atom is 0.173 e. The molecule has 0 bridgehead atoms. The summed E-state index contributed by atoms with van der Waals surface area (Å²) in [6.45, 7) is 0. The van der Waals surface area contributed by atoms with Crippen molar-refractivity contribution < 1.29 is 14.3 Å². The maximum atomic E-state index is 12.3. The molecule has 4 heteroatoms. The number of hydrogen-bond acceptors (Lipinski definition) is 4. The molecule has 0 saturated heterocycles. The van der Waals surface area contributed by atoms with Crippen molar-refractivity contribution in [2.24, 2.45) is 5.92 Å². The Morgan fingerprint density at radius 2 is 2.14 bits per heavy atom. The van der Waals surface area contributed by atoms with Gasteiger partial charge in [-0.3, -0.25) is 4.79 Å². The van der Waals surface area contributed by atoms with Crippen LogP contribution in [0.1, 0.15) is 29.9 Å². The number of likely N-dealkylation sites (N-methyl/N-ethyl adjacent to an activating group) is 1. The highest BCUT2D eigenvalue weighted by atomic mass is 16.5. The normalized spacial score (nSPS) is 32.9. The number of ether oxygens (including phenoxy) is 2. The molecule has 4 nitrogen and oxygen atoms in total. The van der Waals surface area contributed by atoms with Gasteiger partial charge in [0, 0.05) is 23.9 Å². The molecule has 1 aromatic carbocycles. The number of methoxy groups -OCH3 is 1. The number of Topliss-reactive ketones (excluding diaryl/α,β-unsaturated/α-hetero) is 1. The summed E-state index contributed by atoms with van der Waals surface area (Å²) in [4.78, 5) is 14.6. The molecule has 4 atom stereocenters. The average Bonchev–Trinajstić information content (AvgIpc) is 2.88. The van der Waals surface area contributed by atoms with Crippen molar-refractivity contribution in [3.8, 4) is 11.5 Å². The quantitative estimate of drug-likeness (QED) is 0.834. The van der Waals surface area contributed by atoms with Crippen LogP contribution in [0, 0.1) is 5.92 Å². The fourth-order valence-corrected chi connectivity index (χ4v) is 4.51. The Kier molecular flexibility index (Phi) is 2.80. The number of benzene rings is 1. The van der Waals surface area contributed by atoms with Gasteiger partial charge in [-0.05, 0) is 44.5 Å². The van der Waals surface area contributed by atoms with Crippen molar-refractivity contribution in [1.82, 2.24) is 4.90 Å². The summed E-state index contributed by atoms with van der Waals surface area (Å²) in [6, 6.07) is 4.61. The van der Waals surface area contributed by atoms with Gasteiger partial charge in [-0.1, -0.05) is 6.07 Å². The van der Waals surface area contributed by atoms with Crippen LogP contribution < -0.4 is 9.47 Å². The van der Waals surface area contributed by atoms with Crippen LogP contribution in [0.4, 0.5) is 0 Å². The summed E-state index contributed by atoms with van der Waals surface area (Å²) in [6.07, 6.45) is 2.35. The highest BCUT2D eigenvalue weighted by molar-refractivity contribution is 5.87. The second-order valence-electron chi connectivity index (χ2n) is 6.64. The van der Waals surface area contributed by atoms with Gasteiger partial charge in [0.1, 0.15) is 0 Å². The standard InChI is InChI=1S/C17H21NO3/c1-18(2)11-8-9-4-7-13(20-3)17-14(9)15-10(11)5-6-12(19)16(15)21-17/h4,7,10-11,15-16H,5-6,8H2,1-3H3/t10-,11+,15?,16-/m0/s1. The van der Waals surface area contributed by atoms with E-state index in [0.29, 0.717) is 18.4 Å². The van der Waals surface area contributed by atoms with Crippen LogP contribution in [-0.2, 0) is 11.2 Å². The molecule has 1 saturated carbocycles. The van der Waals surface area contributed by atoms with E-state index in [2.05, 4.69) is 25.1 Å². The minimum atomic E-state index is -0.295. The van der Waals surface area contributed by atoms with Gasteiger partial charge in [0.2, 0.25) is 0 Å². The maximum absolute atomic E-state index is 12.3. The van der Waals surface area contributed by atoms with E-state index in [1.165, 1.54) is 11.1 Å². The molecule has 3 aliphatic rings. The Morgan fingerprint density at radius 1 is 1.33 bits per heavy atom. The molecule has 1 unspecified atom stereocenters. The van der Waals surface area contributed by atoms with Crippen molar-refractivity contribution in [1.29, 1.82) is 0 Å². The molecule has 21 heavy (non-hydrogen) atoms. The molecular formula is C17H21NO3. The van der Waals surface area contributed by atoms with E-state index in [1.807, 2.05) is 6.07 Å². The van der Waals surface area contributed by atoms with Crippen LogP contribution in [0.15, 0.2) is 12.1 Å². The first-order valence-corrected chi connectivity index (χ1v) is 7.67. The lowest BCUT2D eigenvalue weighted by molar-refractivity contribution is -0.130. The van der Waals surface area contributed by atoms with Gasteiger partial charge in [0.05, 0.1) is 7.11 Å². The summed E-state index contributed by atoms with van der Waals surface area (Å²) in [7, 11) is 5.94. The SMILES string of the molecule is COc1ccc2c3c1O[C@H]1C(=O)CC[C@H](C31)[C@H](N(C)C)C2. The first-order valence-electron chi connectivity index (χ1n) is 7.67. The lowest BCUT2D eigenvalue weighted by atomic mass is 9.65. The number of ketones is 1. The average molecular weight is 287 g/mol. The lowest BCUT2D eigenvalue weighted by Crippen LogP contribution is -2.49. The number of hydrogen-bond donors (Lipinski definition) is 0. The van der Waals surface area contributed by atoms with Crippen molar-refractivity contribution in [2.45, 2.75) is 37.3 Å². The molecule has 0 amide bonds. The highest BCUT2D eigenvalue weighted by Crippen LogP contribution is 2.56. The molecule has 0 radical (unpaired) electrons. The second kappa shape index (κ2) is 4.47. The van der Waals surface area contributed by atoms with E-state index in [-0.39, 0.29) is 17.8 Å². The molecular weight excluding hydrogens is 266 g/mol. The Hall–Kier alpha value is -1.55. The van der Waals surface area contributed by atoms with Crippen LogP contribution in [0.2, 0.25) is 0 Å². The highest BCUT2D eigenvalue weighted by Gasteiger charge is 2.53. The summed E-state index contributed by atoms with van der Waals surface area (Å²) in [5.41, 5.74) is 2.57. The van der Waals surface area contributed by atoms with Crippen LogP contribution in [0.25, 0.3) is 0 Å². The van der Waals surface area contributed by atoms with Crippen LogP contribution in [0.3, 0.4) is 0 Å². The molecule has 112 valence electrons. The van der Waals surface area contributed by atoms with Crippen LogP contribution in [-0.4, -0.2) is 44.0 Å². The topological polar surface area (TPSA) is 38.8 Å². The molecule has 1 aliphatic heterocycles. The van der Waals surface area contributed by atoms with Gasteiger partial charge in [-0.15, -0.1) is 0 Å². The number of rotatable bonds is 2. The zero-order valence-corrected chi connectivity index (χ0v) is 12.8. The van der Waals surface area contributed by atoms with Crippen molar-refractivity contribution in [2.75, 3.05) is 21.2 Å². The molecule has 1 heterocycles. The van der Waals surface area contributed by atoms with Gasteiger partial charge < -0.3 is 14.4 Å². The summed E-state index contributed by atoms with van der Waals surface area (Å²) in [5, 5.41) is 0. The third-order valence-electron chi connectivity index (χ3n) is 5.46. The lowest BCUT2D eigenvalue weighted by Gasteiger charge is -2.43. The molecule has 0 aromatic heterocycles. The van der Waals surface area contributed by atoms with Crippen LogP contribution in [0.5, 0.6) is 11.5 Å². The van der Waals surface area contributed by atoms with E-state index in [4.69, 9.17) is 9.47 Å². The fourth-order valence-electron chi connectivity index (χ4n) is 4.51. The third kappa shape index (κ3) is 1.68. The molecule has 2 aliphatic carbocycles. The summed E-state index contributed by atoms with van der Waals surface area (Å²) >= 11 is 0. The molecule has 0 spiro atoms. The zero-order valence-electron chi connectivity index (χ0n) is 12.8. The Bertz CT molecular complexity index is 610. The van der Waals surface area contributed by atoms with Crippen molar-refractivity contribution in [3.05, 3.63) is 23.3 Å². The smallest absolute Gasteiger partial charge is 0.173 e. The Morgan fingerprint density at radius 3 is 2.86 bits per heavy atom. The first-order chi connectivity index (χ1) is 10.1. The molecule has 1 aromatic rings. The predicted molar refractivity (Wildman–Crippen MR) is 79.1 cm³/mol. The van der Waals surface area contributed by atoms with E-state index in [1.54, 1.807) is 7.11 Å². The summed E-state index contributed by atoms with van der Waals surface area (Å²) < 4.78 is 11.5. The minimum Gasteiger partial charge on any atom is -0.493 e.